The Balaban J connectivity index is 1.81. The van der Waals surface area contributed by atoms with Gasteiger partial charge in [0, 0.05) is 26.2 Å². The summed E-state index contributed by atoms with van der Waals surface area (Å²) in [4.78, 5) is 14.3. The molecular weight excluding hydrogens is 302 g/mol. The van der Waals surface area contributed by atoms with Gasteiger partial charge in [-0.05, 0) is 31.4 Å². The first-order chi connectivity index (χ1) is 11.5. The second-order valence-electron chi connectivity index (χ2n) is 6.88. The highest BCUT2D eigenvalue weighted by atomic mass is 16.5. The monoisotopic (exact) mass is 333 g/mol. The van der Waals surface area contributed by atoms with E-state index >= 15 is 0 Å². The fourth-order valence-electron chi connectivity index (χ4n) is 3.20. The standard InChI is InChI=1S/C19H31N3O2/c1-4-5-18(20)19(23)21-10-16-6-8-17(9-7-16)13-22-11-14(2)24-15(3)12-22/h6-9,14-15,18H,4-5,10-13,20H2,1-3H3,(H,21,23). The molecule has 0 aliphatic carbocycles. The summed E-state index contributed by atoms with van der Waals surface area (Å²) in [5.74, 6) is -0.0720. The number of rotatable bonds is 7. The lowest BCUT2D eigenvalue weighted by Gasteiger charge is -2.35. The molecule has 0 saturated carbocycles. The molecule has 0 aromatic heterocycles. The Bertz CT molecular complexity index is 508. The molecule has 0 radical (unpaired) electrons. The molecular formula is C19H31N3O2. The number of nitrogens with two attached hydrogens (primary N) is 1. The highest BCUT2D eigenvalue weighted by Crippen LogP contribution is 2.14. The van der Waals surface area contributed by atoms with Crippen LogP contribution in [0.15, 0.2) is 24.3 Å². The molecule has 134 valence electrons. The van der Waals surface area contributed by atoms with Gasteiger partial charge in [0.2, 0.25) is 5.91 Å². The van der Waals surface area contributed by atoms with Crippen molar-refractivity contribution in [3.63, 3.8) is 0 Å². The summed E-state index contributed by atoms with van der Waals surface area (Å²) in [5.41, 5.74) is 8.20. The zero-order valence-electron chi connectivity index (χ0n) is 15.1. The van der Waals surface area contributed by atoms with Crippen LogP contribution in [0.2, 0.25) is 0 Å². The largest absolute Gasteiger partial charge is 0.373 e. The van der Waals surface area contributed by atoms with Crippen LogP contribution in [-0.2, 0) is 22.6 Å². The van der Waals surface area contributed by atoms with Crippen LogP contribution < -0.4 is 11.1 Å². The number of hydrogen-bond acceptors (Lipinski definition) is 4. The van der Waals surface area contributed by atoms with Crippen molar-refractivity contribution in [1.82, 2.24) is 10.2 Å². The number of hydrogen-bond donors (Lipinski definition) is 2. The van der Waals surface area contributed by atoms with E-state index in [0.717, 1.165) is 38.0 Å². The van der Waals surface area contributed by atoms with E-state index in [-0.39, 0.29) is 18.1 Å². The Hall–Kier alpha value is -1.43. The number of amides is 1. The fourth-order valence-corrected chi connectivity index (χ4v) is 3.20. The fraction of sp³-hybridized carbons (Fsp3) is 0.632. The number of morpholine rings is 1. The van der Waals surface area contributed by atoms with E-state index in [4.69, 9.17) is 10.5 Å². The van der Waals surface area contributed by atoms with Crippen molar-refractivity contribution in [2.75, 3.05) is 13.1 Å². The van der Waals surface area contributed by atoms with Crippen LogP contribution >= 0.6 is 0 Å². The molecule has 3 atom stereocenters. The molecule has 24 heavy (non-hydrogen) atoms. The van der Waals surface area contributed by atoms with Gasteiger partial charge in [-0.2, -0.15) is 0 Å². The minimum atomic E-state index is -0.403. The molecule has 0 bridgehead atoms. The van der Waals surface area contributed by atoms with Gasteiger partial charge in [-0.25, -0.2) is 0 Å². The smallest absolute Gasteiger partial charge is 0.237 e. The molecule has 1 aromatic rings. The highest BCUT2D eigenvalue weighted by Gasteiger charge is 2.21. The normalized spacial score (nSPS) is 23.0. The predicted octanol–water partition coefficient (Wildman–Crippen LogP) is 2.04. The van der Waals surface area contributed by atoms with E-state index in [2.05, 4.69) is 48.3 Å². The van der Waals surface area contributed by atoms with Crippen molar-refractivity contribution in [1.29, 1.82) is 0 Å². The molecule has 1 heterocycles. The van der Waals surface area contributed by atoms with Crippen molar-refractivity contribution in [2.24, 2.45) is 5.73 Å². The summed E-state index contributed by atoms with van der Waals surface area (Å²) in [6, 6.07) is 8.03. The molecule has 1 aromatic carbocycles. The molecule has 1 aliphatic rings. The second-order valence-corrected chi connectivity index (χ2v) is 6.88. The molecule has 2 rings (SSSR count). The van der Waals surface area contributed by atoms with Gasteiger partial charge in [-0.1, -0.05) is 37.6 Å². The van der Waals surface area contributed by atoms with Gasteiger partial charge in [0.25, 0.3) is 0 Å². The first-order valence-electron chi connectivity index (χ1n) is 8.96. The lowest BCUT2D eigenvalue weighted by atomic mass is 10.1. The molecule has 1 amide bonds. The summed E-state index contributed by atoms with van der Waals surface area (Å²) < 4.78 is 5.77. The molecule has 1 saturated heterocycles. The first-order valence-corrected chi connectivity index (χ1v) is 8.96. The van der Waals surface area contributed by atoms with Gasteiger partial charge in [0.05, 0.1) is 18.2 Å². The minimum absolute atomic E-state index is 0.0720. The van der Waals surface area contributed by atoms with Crippen molar-refractivity contribution in [2.45, 2.75) is 65.0 Å². The summed E-state index contributed by atoms with van der Waals surface area (Å²) in [6.45, 7) is 9.68. The van der Waals surface area contributed by atoms with Crippen molar-refractivity contribution in [3.05, 3.63) is 35.4 Å². The number of ether oxygens (including phenoxy) is 1. The third-order valence-electron chi connectivity index (χ3n) is 4.33. The van der Waals surface area contributed by atoms with Gasteiger partial charge in [0.15, 0.2) is 0 Å². The molecule has 3 unspecified atom stereocenters. The van der Waals surface area contributed by atoms with Crippen LogP contribution in [0.25, 0.3) is 0 Å². The Morgan fingerprint density at radius 1 is 1.25 bits per heavy atom. The molecule has 5 nitrogen and oxygen atoms in total. The van der Waals surface area contributed by atoms with Gasteiger partial charge in [-0.15, -0.1) is 0 Å². The van der Waals surface area contributed by atoms with Crippen LogP contribution in [0.3, 0.4) is 0 Å². The number of carbonyl (C=O) groups is 1. The molecule has 0 spiro atoms. The van der Waals surface area contributed by atoms with E-state index in [1.807, 2.05) is 6.92 Å². The van der Waals surface area contributed by atoms with E-state index in [9.17, 15) is 4.79 Å². The van der Waals surface area contributed by atoms with E-state index < -0.39 is 6.04 Å². The Morgan fingerprint density at radius 3 is 2.42 bits per heavy atom. The molecule has 1 aliphatic heterocycles. The average molecular weight is 333 g/mol. The third kappa shape index (κ3) is 5.89. The molecule has 3 N–H and O–H groups in total. The van der Waals surface area contributed by atoms with Gasteiger partial charge in [0.1, 0.15) is 0 Å². The summed E-state index contributed by atoms with van der Waals surface area (Å²) in [6.07, 6.45) is 2.22. The predicted molar refractivity (Wildman–Crippen MR) is 96.5 cm³/mol. The van der Waals surface area contributed by atoms with Crippen LogP contribution in [-0.4, -0.2) is 42.1 Å². The van der Waals surface area contributed by atoms with E-state index in [1.54, 1.807) is 0 Å². The van der Waals surface area contributed by atoms with Gasteiger partial charge < -0.3 is 15.8 Å². The van der Waals surface area contributed by atoms with Gasteiger partial charge >= 0.3 is 0 Å². The van der Waals surface area contributed by atoms with Gasteiger partial charge in [-0.3, -0.25) is 9.69 Å². The Labute approximate surface area is 145 Å². The lowest BCUT2D eigenvalue weighted by molar-refractivity contribution is -0.122. The Kier molecular flexibility index (Phi) is 7.21. The Morgan fingerprint density at radius 2 is 1.83 bits per heavy atom. The highest BCUT2D eigenvalue weighted by molar-refractivity contribution is 5.81. The van der Waals surface area contributed by atoms with Crippen LogP contribution in [0.4, 0.5) is 0 Å². The summed E-state index contributed by atoms with van der Waals surface area (Å²) >= 11 is 0. The SMILES string of the molecule is CCCC(N)C(=O)NCc1ccc(CN2CC(C)OC(C)C2)cc1. The maximum atomic E-state index is 11.8. The number of nitrogens with one attached hydrogen (secondary N) is 1. The van der Waals surface area contributed by atoms with Crippen LogP contribution in [0.5, 0.6) is 0 Å². The van der Waals surface area contributed by atoms with Crippen molar-refractivity contribution in [3.8, 4) is 0 Å². The van der Waals surface area contributed by atoms with E-state index in [1.165, 1.54) is 5.56 Å². The maximum Gasteiger partial charge on any atom is 0.237 e. The minimum Gasteiger partial charge on any atom is -0.373 e. The number of nitrogens with zero attached hydrogens (tertiary/aromatic N) is 1. The average Bonchev–Trinajstić information content (AvgIpc) is 2.53. The quantitative estimate of drug-likeness (QED) is 0.801. The first kappa shape index (κ1) is 18.9. The second kappa shape index (κ2) is 9.16. The van der Waals surface area contributed by atoms with E-state index in [0.29, 0.717) is 6.54 Å². The maximum absolute atomic E-state index is 11.8. The zero-order chi connectivity index (χ0) is 17.5. The number of carbonyl (C=O) groups excluding carboxylic acids is 1. The summed E-state index contributed by atoms with van der Waals surface area (Å²) in [5, 5.41) is 2.91. The van der Waals surface area contributed by atoms with Crippen molar-refractivity contribution >= 4 is 5.91 Å². The topological polar surface area (TPSA) is 67.6 Å². The lowest BCUT2D eigenvalue weighted by Crippen LogP contribution is -2.44. The van der Waals surface area contributed by atoms with Crippen molar-refractivity contribution < 1.29 is 9.53 Å². The third-order valence-corrected chi connectivity index (χ3v) is 4.33. The molecule has 5 heteroatoms. The summed E-state index contributed by atoms with van der Waals surface area (Å²) in [7, 11) is 0. The molecule has 1 fully saturated rings. The van der Waals surface area contributed by atoms with Crippen LogP contribution in [0, 0.1) is 0 Å². The van der Waals surface area contributed by atoms with Crippen LogP contribution in [0.1, 0.15) is 44.7 Å². The number of benzene rings is 1. The zero-order valence-corrected chi connectivity index (χ0v) is 15.1.